The van der Waals surface area contributed by atoms with E-state index in [4.69, 9.17) is 20.2 Å². The zero-order valence-corrected chi connectivity index (χ0v) is 11.0. The summed E-state index contributed by atoms with van der Waals surface area (Å²) in [5.41, 5.74) is 0.532. The van der Waals surface area contributed by atoms with Crippen molar-refractivity contribution in [3.05, 3.63) is 29.8 Å². The summed E-state index contributed by atoms with van der Waals surface area (Å²) in [6, 6.07) is 9.22. The molecule has 0 fully saturated rings. The standard InChI is InChI=1S/C14H20N2O3/c15-12-13-4-1-2-5-14(13)19-11-3-6-16(7-9-17)8-10-18/h1-2,4-5,17-18H,3,6-11H2. The van der Waals surface area contributed by atoms with E-state index in [2.05, 4.69) is 6.07 Å². The van der Waals surface area contributed by atoms with Crippen molar-refractivity contribution in [2.45, 2.75) is 6.42 Å². The van der Waals surface area contributed by atoms with Crippen LogP contribution in [-0.4, -0.2) is 54.6 Å². The Morgan fingerprint density at radius 3 is 2.42 bits per heavy atom. The van der Waals surface area contributed by atoms with Crippen LogP contribution in [0.5, 0.6) is 5.75 Å². The SMILES string of the molecule is N#Cc1ccccc1OCCCN(CCO)CCO. The van der Waals surface area contributed by atoms with Crippen LogP contribution in [0.2, 0.25) is 0 Å². The van der Waals surface area contributed by atoms with Gasteiger partial charge in [-0.25, -0.2) is 0 Å². The highest BCUT2D eigenvalue weighted by molar-refractivity contribution is 5.42. The summed E-state index contributed by atoms with van der Waals surface area (Å²) in [5, 5.41) is 26.7. The summed E-state index contributed by atoms with van der Waals surface area (Å²) in [6.45, 7) is 2.52. The van der Waals surface area contributed by atoms with E-state index in [1.54, 1.807) is 18.2 Å². The van der Waals surface area contributed by atoms with Gasteiger partial charge in [0.1, 0.15) is 11.8 Å². The Balaban J connectivity index is 2.31. The summed E-state index contributed by atoms with van der Waals surface area (Å²) >= 11 is 0. The number of benzene rings is 1. The highest BCUT2D eigenvalue weighted by atomic mass is 16.5. The molecule has 5 nitrogen and oxygen atoms in total. The van der Waals surface area contributed by atoms with Crippen molar-refractivity contribution in [1.29, 1.82) is 5.26 Å². The summed E-state index contributed by atoms with van der Waals surface area (Å²) < 4.78 is 5.56. The topological polar surface area (TPSA) is 76.7 Å². The van der Waals surface area contributed by atoms with Gasteiger partial charge in [-0.1, -0.05) is 12.1 Å². The molecule has 19 heavy (non-hydrogen) atoms. The van der Waals surface area contributed by atoms with E-state index in [1.807, 2.05) is 11.0 Å². The Bertz CT molecular complexity index is 398. The monoisotopic (exact) mass is 264 g/mol. The van der Waals surface area contributed by atoms with E-state index in [0.717, 1.165) is 13.0 Å². The second-order valence-electron chi connectivity index (χ2n) is 4.10. The molecule has 2 N–H and O–H groups in total. The number of para-hydroxylation sites is 1. The summed E-state index contributed by atoms with van der Waals surface area (Å²) in [6.07, 6.45) is 0.778. The fourth-order valence-electron chi connectivity index (χ4n) is 1.77. The summed E-state index contributed by atoms with van der Waals surface area (Å²) in [5.74, 6) is 0.598. The van der Waals surface area contributed by atoms with Crippen LogP contribution in [0.4, 0.5) is 0 Å². The van der Waals surface area contributed by atoms with Crippen molar-refractivity contribution >= 4 is 0 Å². The predicted octanol–water partition coefficient (Wildman–Crippen LogP) is 0.614. The number of rotatable bonds is 9. The molecule has 0 heterocycles. The second-order valence-corrected chi connectivity index (χ2v) is 4.10. The molecule has 0 amide bonds. The van der Waals surface area contributed by atoms with Gasteiger partial charge in [-0.15, -0.1) is 0 Å². The number of ether oxygens (including phenoxy) is 1. The third kappa shape index (κ3) is 5.71. The molecule has 0 aliphatic carbocycles. The van der Waals surface area contributed by atoms with Gasteiger partial charge >= 0.3 is 0 Å². The zero-order valence-electron chi connectivity index (χ0n) is 11.0. The largest absolute Gasteiger partial charge is 0.492 e. The molecule has 0 saturated carbocycles. The van der Waals surface area contributed by atoms with Crippen LogP contribution in [0.15, 0.2) is 24.3 Å². The minimum absolute atomic E-state index is 0.0815. The van der Waals surface area contributed by atoms with Crippen molar-refractivity contribution in [3.63, 3.8) is 0 Å². The van der Waals surface area contributed by atoms with Gasteiger partial charge in [0, 0.05) is 19.6 Å². The van der Waals surface area contributed by atoms with Gasteiger partial charge in [0.05, 0.1) is 25.4 Å². The van der Waals surface area contributed by atoms with Crippen LogP contribution < -0.4 is 4.74 Å². The average molecular weight is 264 g/mol. The van der Waals surface area contributed by atoms with Crippen LogP contribution in [0.1, 0.15) is 12.0 Å². The Hall–Kier alpha value is -1.61. The number of nitriles is 1. The number of aliphatic hydroxyl groups excluding tert-OH is 2. The van der Waals surface area contributed by atoms with Gasteiger partial charge in [0.25, 0.3) is 0 Å². The summed E-state index contributed by atoms with van der Waals surface area (Å²) in [4.78, 5) is 1.97. The van der Waals surface area contributed by atoms with Crippen molar-refractivity contribution in [1.82, 2.24) is 4.90 Å². The lowest BCUT2D eigenvalue weighted by Gasteiger charge is -2.19. The van der Waals surface area contributed by atoms with Crippen LogP contribution in [0, 0.1) is 11.3 Å². The van der Waals surface area contributed by atoms with Crippen LogP contribution in [-0.2, 0) is 0 Å². The van der Waals surface area contributed by atoms with Gasteiger partial charge < -0.3 is 14.9 Å². The maximum Gasteiger partial charge on any atom is 0.137 e. The Labute approximate surface area is 113 Å². The molecule has 0 aromatic heterocycles. The molecule has 0 spiro atoms. The molecule has 5 heteroatoms. The minimum Gasteiger partial charge on any atom is -0.492 e. The van der Waals surface area contributed by atoms with Gasteiger partial charge in [-0.3, -0.25) is 4.90 Å². The normalized spacial score (nSPS) is 10.4. The van der Waals surface area contributed by atoms with E-state index in [1.165, 1.54) is 0 Å². The Morgan fingerprint density at radius 2 is 1.79 bits per heavy atom. The lowest BCUT2D eigenvalue weighted by atomic mass is 10.2. The molecule has 0 atom stereocenters. The summed E-state index contributed by atoms with van der Waals surface area (Å²) in [7, 11) is 0. The van der Waals surface area contributed by atoms with E-state index in [0.29, 0.717) is 31.0 Å². The molecule has 0 saturated heterocycles. The first-order chi connectivity index (χ1) is 9.31. The van der Waals surface area contributed by atoms with Crippen molar-refractivity contribution < 1.29 is 14.9 Å². The Kier molecular flexibility index (Phi) is 7.59. The first-order valence-corrected chi connectivity index (χ1v) is 6.37. The van der Waals surface area contributed by atoms with Gasteiger partial charge in [0.2, 0.25) is 0 Å². The molecule has 1 aromatic rings. The molecule has 0 aliphatic heterocycles. The predicted molar refractivity (Wildman–Crippen MR) is 71.9 cm³/mol. The van der Waals surface area contributed by atoms with Crippen molar-refractivity contribution in [2.75, 3.05) is 39.5 Å². The van der Waals surface area contributed by atoms with Crippen LogP contribution in [0.3, 0.4) is 0 Å². The van der Waals surface area contributed by atoms with Gasteiger partial charge in [-0.05, 0) is 18.6 Å². The van der Waals surface area contributed by atoms with E-state index in [9.17, 15) is 0 Å². The molecule has 0 bridgehead atoms. The van der Waals surface area contributed by atoms with E-state index >= 15 is 0 Å². The quantitative estimate of drug-likeness (QED) is 0.639. The molecule has 0 aliphatic rings. The van der Waals surface area contributed by atoms with Crippen LogP contribution >= 0.6 is 0 Å². The lowest BCUT2D eigenvalue weighted by molar-refractivity contribution is 0.152. The second kappa shape index (κ2) is 9.34. The Morgan fingerprint density at radius 1 is 1.11 bits per heavy atom. The zero-order chi connectivity index (χ0) is 13.9. The van der Waals surface area contributed by atoms with Crippen LogP contribution in [0.25, 0.3) is 0 Å². The molecule has 1 rings (SSSR count). The van der Waals surface area contributed by atoms with Crippen molar-refractivity contribution in [3.8, 4) is 11.8 Å². The number of nitrogens with zero attached hydrogens (tertiary/aromatic N) is 2. The van der Waals surface area contributed by atoms with E-state index < -0.39 is 0 Å². The molecule has 104 valence electrons. The molecule has 0 unspecified atom stereocenters. The fraction of sp³-hybridized carbons (Fsp3) is 0.500. The highest BCUT2D eigenvalue weighted by Gasteiger charge is 2.04. The fourth-order valence-corrected chi connectivity index (χ4v) is 1.77. The smallest absolute Gasteiger partial charge is 0.137 e. The van der Waals surface area contributed by atoms with Gasteiger partial charge in [-0.2, -0.15) is 5.26 Å². The van der Waals surface area contributed by atoms with Crippen molar-refractivity contribution in [2.24, 2.45) is 0 Å². The maximum atomic E-state index is 8.91. The lowest BCUT2D eigenvalue weighted by Crippen LogP contribution is -2.31. The third-order valence-electron chi connectivity index (χ3n) is 2.72. The molecule has 0 radical (unpaired) electrons. The molecular weight excluding hydrogens is 244 g/mol. The highest BCUT2D eigenvalue weighted by Crippen LogP contribution is 2.16. The van der Waals surface area contributed by atoms with E-state index in [-0.39, 0.29) is 13.2 Å². The van der Waals surface area contributed by atoms with Gasteiger partial charge in [0.15, 0.2) is 0 Å². The molecule has 1 aromatic carbocycles. The molecular formula is C14H20N2O3. The average Bonchev–Trinajstić information content (AvgIpc) is 2.44. The third-order valence-corrected chi connectivity index (χ3v) is 2.72. The number of hydrogen-bond acceptors (Lipinski definition) is 5. The number of aliphatic hydroxyl groups is 2. The maximum absolute atomic E-state index is 8.91. The first-order valence-electron chi connectivity index (χ1n) is 6.37. The number of hydrogen-bond donors (Lipinski definition) is 2. The minimum atomic E-state index is 0.0815. The first kappa shape index (κ1) is 15.4.